The van der Waals surface area contributed by atoms with Crippen LogP contribution in [0, 0.1) is 0 Å². The number of aromatic carboxylic acids is 1. The van der Waals surface area contributed by atoms with Gasteiger partial charge in [-0.25, -0.2) is 4.79 Å². The molecule has 1 aliphatic heterocycles. The van der Waals surface area contributed by atoms with Gasteiger partial charge >= 0.3 is 5.97 Å². The number of fused-ring (bicyclic) bond motifs is 1. The quantitative estimate of drug-likeness (QED) is 0.902. The van der Waals surface area contributed by atoms with Crippen molar-refractivity contribution in [3.63, 3.8) is 0 Å². The largest absolute Gasteiger partial charge is 0.485 e. The van der Waals surface area contributed by atoms with Gasteiger partial charge in [-0.2, -0.15) is 0 Å². The molecular formula is C19H20O3. The molecule has 3 rings (SSSR count). The van der Waals surface area contributed by atoms with Gasteiger partial charge in [-0.3, -0.25) is 0 Å². The number of carbonyl (C=O) groups is 1. The van der Waals surface area contributed by atoms with E-state index in [1.807, 2.05) is 12.1 Å². The van der Waals surface area contributed by atoms with Crippen LogP contribution in [0.5, 0.6) is 5.75 Å². The highest BCUT2D eigenvalue weighted by Gasteiger charge is 2.22. The third-order valence-corrected chi connectivity index (χ3v) is 4.23. The molecule has 1 N–H and O–H groups in total. The molecule has 1 heterocycles. The van der Waals surface area contributed by atoms with Gasteiger partial charge in [0.05, 0.1) is 5.56 Å². The monoisotopic (exact) mass is 296 g/mol. The first-order valence-electron chi connectivity index (χ1n) is 7.67. The van der Waals surface area contributed by atoms with Gasteiger partial charge in [0.2, 0.25) is 0 Å². The lowest BCUT2D eigenvalue weighted by Gasteiger charge is -2.27. The molecule has 0 spiro atoms. The van der Waals surface area contributed by atoms with Crippen LogP contribution in [0.15, 0.2) is 42.5 Å². The van der Waals surface area contributed by atoms with Crippen molar-refractivity contribution in [3.05, 3.63) is 64.7 Å². The molecule has 0 aliphatic carbocycles. The van der Waals surface area contributed by atoms with Crippen molar-refractivity contribution in [1.82, 2.24) is 0 Å². The maximum Gasteiger partial charge on any atom is 0.335 e. The minimum Gasteiger partial charge on any atom is -0.485 e. The fraction of sp³-hybridized carbons (Fsp3) is 0.316. The molecule has 0 aromatic heterocycles. The van der Waals surface area contributed by atoms with Crippen molar-refractivity contribution in [2.45, 2.75) is 38.7 Å². The van der Waals surface area contributed by atoms with Gasteiger partial charge in [-0.1, -0.05) is 38.1 Å². The second-order valence-corrected chi connectivity index (χ2v) is 6.09. The minimum atomic E-state index is -0.900. The zero-order chi connectivity index (χ0) is 15.7. The molecule has 3 nitrogen and oxygen atoms in total. The first-order chi connectivity index (χ1) is 10.5. The fourth-order valence-corrected chi connectivity index (χ4v) is 2.84. The topological polar surface area (TPSA) is 46.5 Å². The zero-order valence-corrected chi connectivity index (χ0v) is 12.9. The number of benzene rings is 2. The Morgan fingerprint density at radius 2 is 1.91 bits per heavy atom. The van der Waals surface area contributed by atoms with Gasteiger partial charge in [0.1, 0.15) is 11.9 Å². The lowest BCUT2D eigenvalue weighted by molar-refractivity contribution is 0.0696. The molecule has 0 fully saturated rings. The average molecular weight is 296 g/mol. The van der Waals surface area contributed by atoms with Crippen molar-refractivity contribution in [3.8, 4) is 5.75 Å². The zero-order valence-electron chi connectivity index (χ0n) is 12.9. The molecule has 2 aromatic carbocycles. The van der Waals surface area contributed by atoms with Gasteiger partial charge in [-0.05, 0) is 53.6 Å². The van der Waals surface area contributed by atoms with Crippen molar-refractivity contribution in [2.75, 3.05) is 0 Å². The van der Waals surface area contributed by atoms with E-state index < -0.39 is 5.97 Å². The van der Waals surface area contributed by atoms with Crippen molar-refractivity contribution < 1.29 is 14.6 Å². The van der Waals surface area contributed by atoms with Crippen LogP contribution in [-0.4, -0.2) is 11.1 Å². The molecule has 2 aromatic rings. The molecule has 0 saturated heterocycles. The number of rotatable bonds is 3. The van der Waals surface area contributed by atoms with E-state index in [4.69, 9.17) is 9.84 Å². The first-order valence-corrected chi connectivity index (χ1v) is 7.67. The summed E-state index contributed by atoms with van der Waals surface area (Å²) >= 11 is 0. The second kappa shape index (κ2) is 5.84. The summed E-state index contributed by atoms with van der Waals surface area (Å²) in [5.41, 5.74) is 3.95. The second-order valence-electron chi connectivity index (χ2n) is 6.09. The van der Waals surface area contributed by atoms with E-state index in [9.17, 15) is 4.79 Å². The smallest absolute Gasteiger partial charge is 0.335 e. The highest BCUT2D eigenvalue weighted by atomic mass is 16.5. The van der Waals surface area contributed by atoms with Crippen molar-refractivity contribution in [2.24, 2.45) is 0 Å². The lowest BCUT2D eigenvalue weighted by atomic mass is 9.93. The van der Waals surface area contributed by atoms with E-state index >= 15 is 0 Å². The van der Waals surface area contributed by atoms with E-state index in [0.29, 0.717) is 11.5 Å². The Balaban J connectivity index is 1.80. The normalized spacial score (nSPS) is 17.0. The molecule has 0 amide bonds. The third kappa shape index (κ3) is 2.84. The first kappa shape index (κ1) is 14.6. The van der Waals surface area contributed by atoms with E-state index in [0.717, 1.165) is 24.2 Å². The molecule has 0 saturated carbocycles. The molecule has 3 heteroatoms. The third-order valence-electron chi connectivity index (χ3n) is 4.23. The summed E-state index contributed by atoms with van der Waals surface area (Å²) in [6.07, 6.45) is 1.91. The summed E-state index contributed by atoms with van der Waals surface area (Å²) in [5, 5.41) is 8.96. The molecule has 22 heavy (non-hydrogen) atoms. The summed E-state index contributed by atoms with van der Waals surface area (Å²) in [5.74, 6) is 0.567. The van der Waals surface area contributed by atoms with E-state index in [1.54, 1.807) is 12.1 Å². The minimum absolute atomic E-state index is 0.000227. The van der Waals surface area contributed by atoms with Crippen LogP contribution in [0.2, 0.25) is 0 Å². The van der Waals surface area contributed by atoms with Gasteiger partial charge in [0.25, 0.3) is 0 Å². The maximum absolute atomic E-state index is 10.9. The van der Waals surface area contributed by atoms with Gasteiger partial charge in [0, 0.05) is 0 Å². The Morgan fingerprint density at radius 3 is 2.55 bits per heavy atom. The maximum atomic E-state index is 10.9. The molecular weight excluding hydrogens is 276 g/mol. The number of hydrogen-bond donors (Lipinski definition) is 1. The number of carboxylic acids is 1. The number of hydrogen-bond acceptors (Lipinski definition) is 2. The summed E-state index contributed by atoms with van der Waals surface area (Å²) in [7, 11) is 0. The van der Waals surface area contributed by atoms with E-state index in [1.165, 1.54) is 11.1 Å². The van der Waals surface area contributed by atoms with Crippen LogP contribution in [0.4, 0.5) is 0 Å². The Hall–Kier alpha value is -2.29. The Labute approximate surface area is 130 Å². The van der Waals surface area contributed by atoms with Crippen molar-refractivity contribution >= 4 is 5.97 Å². The Bertz CT molecular complexity index is 686. The van der Waals surface area contributed by atoms with Crippen LogP contribution in [0.1, 0.15) is 59.3 Å². The van der Waals surface area contributed by atoms with Crippen LogP contribution < -0.4 is 4.74 Å². The van der Waals surface area contributed by atoms with Crippen LogP contribution >= 0.6 is 0 Å². The predicted octanol–water partition coefficient (Wildman–Crippen LogP) is 4.57. The van der Waals surface area contributed by atoms with Gasteiger partial charge in [0.15, 0.2) is 0 Å². The van der Waals surface area contributed by atoms with Crippen molar-refractivity contribution in [1.29, 1.82) is 0 Å². The molecule has 1 aliphatic rings. The number of aryl methyl sites for hydroxylation is 1. The van der Waals surface area contributed by atoms with Gasteiger partial charge in [-0.15, -0.1) is 0 Å². The molecule has 1 atom stereocenters. The average Bonchev–Trinajstić information content (AvgIpc) is 2.54. The predicted molar refractivity (Wildman–Crippen MR) is 85.6 cm³/mol. The number of carboxylic acid groups (broad SMARTS) is 1. The van der Waals surface area contributed by atoms with E-state index in [-0.39, 0.29) is 6.10 Å². The fourth-order valence-electron chi connectivity index (χ4n) is 2.84. The lowest BCUT2D eigenvalue weighted by Crippen LogP contribution is -2.15. The van der Waals surface area contributed by atoms with Crippen LogP contribution in [0.3, 0.4) is 0 Å². The highest BCUT2D eigenvalue weighted by molar-refractivity contribution is 5.87. The highest BCUT2D eigenvalue weighted by Crippen LogP contribution is 2.36. The molecule has 0 bridgehead atoms. The Morgan fingerprint density at radius 1 is 1.18 bits per heavy atom. The number of ether oxygens (including phenoxy) is 1. The summed E-state index contributed by atoms with van der Waals surface area (Å²) in [6, 6.07) is 13.4. The summed E-state index contributed by atoms with van der Waals surface area (Å²) in [6.45, 7) is 4.39. The van der Waals surface area contributed by atoms with Crippen LogP contribution in [-0.2, 0) is 6.42 Å². The molecule has 114 valence electrons. The summed E-state index contributed by atoms with van der Waals surface area (Å²) < 4.78 is 6.11. The Kier molecular flexibility index (Phi) is 3.88. The van der Waals surface area contributed by atoms with Gasteiger partial charge < -0.3 is 9.84 Å². The summed E-state index contributed by atoms with van der Waals surface area (Å²) in [4.78, 5) is 10.9. The molecule has 1 unspecified atom stereocenters. The molecule has 0 radical (unpaired) electrons. The standard InChI is InChI=1S/C19H20O3/c1-12(2)15-7-9-18-16(11-15)8-10-17(22-18)13-3-5-14(6-4-13)19(20)21/h3-7,9,11-12,17H,8,10H2,1-2H3,(H,20,21). The SMILES string of the molecule is CC(C)c1ccc2c(c1)CCC(c1ccc(C(=O)O)cc1)O2. The van der Waals surface area contributed by atoms with E-state index in [2.05, 4.69) is 32.0 Å². The van der Waals surface area contributed by atoms with Crippen LogP contribution in [0.25, 0.3) is 0 Å².